The average molecular weight is 1010 g/mol. The van der Waals surface area contributed by atoms with Gasteiger partial charge < -0.3 is 41.4 Å². The Morgan fingerprint density at radius 1 is 0.672 bits per heavy atom. The van der Waals surface area contributed by atoms with Gasteiger partial charge in [0.2, 0.25) is 29.5 Å². The SMILES string of the molecule is CC(C)(C)OC(=O)NCCN.Cl.NCCN1C(=O)CC2(CCCC2)C1=O.O=C(O)CSCC(=O)NCCN1C(=O)CC2(CCCC2)C1=O.O=C1CC2(CCCC2)C(=O)O1.O=C1CSCC(=O)O1. The van der Waals surface area contributed by atoms with E-state index in [9.17, 15) is 52.7 Å². The Kier molecular flexibility index (Phi) is 24.2. The number of imide groups is 2. The number of carbonyl (C=O) groups excluding carboxylic acids is 10. The maximum Gasteiger partial charge on any atom is 0.407 e. The van der Waals surface area contributed by atoms with Crippen LogP contribution in [0, 0.1) is 16.2 Å². The Bertz CT molecular complexity index is 1800. The van der Waals surface area contributed by atoms with Crippen molar-refractivity contribution in [2.24, 2.45) is 27.7 Å². The summed E-state index contributed by atoms with van der Waals surface area (Å²) in [4.78, 5) is 126. The molecule has 0 unspecified atom stereocenters. The minimum Gasteiger partial charge on any atom is -0.481 e. The molecule has 7 rings (SSSR count). The second kappa shape index (κ2) is 27.6. The van der Waals surface area contributed by atoms with E-state index in [0.29, 0.717) is 56.9 Å². The van der Waals surface area contributed by atoms with Crippen molar-refractivity contribution in [1.82, 2.24) is 20.4 Å². The van der Waals surface area contributed by atoms with Crippen LogP contribution < -0.4 is 22.1 Å². The summed E-state index contributed by atoms with van der Waals surface area (Å²) >= 11 is 2.30. The lowest BCUT2D eigenvalue weighted by Gasteiger charge is -2.20. The molecule has 4 aliphatic heterocycles. The number of cyclic esters (lactones) is 4. The number of halogens is 1. The fourth-order valence-corrected chi connectivity index (χ4v) is 9.81. The first-order valence-corrected chi connectivity index (χ1v) is 24.6. The number of alkyl carbamates (subject to hydrolysis) is 1. The van der Waals surface area contributed by atoms with Gasteiger partial charge in [0.15, 0.2) is 0 Å². The fourth-order valence-electron chi connectivity index (χ4n) is 8.70. The highest BCUT2D eigenvalue weighted by Crippen LogP contribution is 2.48. The molecule has 3 saturated carbocycles. The lowest BCUT2D eigenvalue weighted by Crippen LogP contribution is -2.40. The Labute approximate surface area is 405 Å². The lowest BCUT2D eigenvalue weighted by molar-refractivity contribution is -0.157. The smallest absolute Gasteiger partial charge is 0.407 e. The highest BCUT2D eigenvalue weighted by molar-refractivity contribution is 8.00. The van der Waals surface area contributed by atoms with Crippen LogP contribution >= 0.6 is 35.9 Å². The first-order chi connectivity index (χ1) is 31.1. The van der Waals surface area contributed by atoms with Crippen molar-refractivity contribution >= 4 is 101 Å². The van der Waals surface area contributed by atoms with Gasteiger partial charge in [0.05, 0.1) is 45.7 Å². The summed E-state index contributed by atoms with van der Waals surface area (Å²) in [5.74, 6) is -2.41. The van der Waals surface area contributed by atoms with Crippen molar-refractivity contribution in [2.75, 3.05) is 62.3 Å². The van der Waals surface area contributed by atoms with Crippen LogP contribution in [0.1, 0.15) is 117 Å². The normalized spacial score (nSPS) is 20.7. The van der Waals surface area contributed by atoms with E-state index in [1.807, 2.05) is 20.8 Å². The van der Waals surface area contributed by atoms with E-state index in [1.54, 1.807) is 0 Å². The van der Waals surface area contributed by atoms with E-state index < -0.39 is 40.4 Å². The molecule has 21 nitrogen and oxygen atoms in total. The average Bonchev–Trinajstić information content (AvgIpc) is 4.11. The number of hydrogen-bond donors (Lipinski definition) is 5. The molecular formula is C43H67ClN6O15S2. The van der Waals surface area contributed by atoms with Crippen molar-refractivity contribution in [3.63, 3.8) is 0 Å². The summed E-state index contributed by atoms with van der Waals surface area (Å²) in [6.45, 7) is 7.48. The van der Waals surface area contributed by atoms with Crippen LogP contribution in [-0.4, -0.2) is 148 Å². The van der Waals surface area contributed by atoms with Crippen molar-refractivity contribution in [3.05, 3.63) is 0 Å². The highest BCUT2D eigenvalue weighted by Gasteiger charge is 2.53. The molecule has 0 aromatic heterocycles. The van der Waals surface area contributed by atoms with E-state index in [1.165, 1.54) is 21.6 Å². The molecule has 0 bridgehead atoms. The molecule has 3 spiro atoms. The second-order valence-corrected chi connectivity index (χ2v) is 20.0. The van der Waals surface area contributed by atoms with Gasteiger partial charge in [0, 0.05) is 52.1 Å². The van der Waals surface area contributed by atoms with E-state index in [4.69, 9.17) is 21.3 Å². The van der Waals surface area contributed by atoms with Crippen LogP contribution in [0.5, 0.6) is 0 Å². The molecular weight excluding hydrogens is 940 g/mol. The van der Waals surface area contributed by atoms with Gasteiger partial charge in [-0.2, -0.15) is 0 Å². The summed E-state index contributed by atoms with van der Waals surface area (Å²) in [6.07, 6.45) is 11.9. The Morgan fingerprint density at radius 2 is 1.15 bits per heavy atom. The largest absolute Gasteiger partial charge is 0.481 e. The molecule has 0 aromatic carbocycles. The first kappa shape index (κ1) is 58.8. The zero-order valence-electron chi connectivity index (χ0n) is 38.6. The summed E-state index contributed by atoms with van der Waals surface area (Å²) in [5, 5.41) is 13.6. The molecule has 4 heterocycles. The number of nitrogens with two attached hydrogens (primary N) is 2. The lowest BCUT2D eigenvalue weighted by atomic mass is 9.84. The fraction of sp³-hybridized carbons (Fsp3) is 0.744. The zero-order valence-corrected chi connectivity index (χ0v) is 41.1. The number of aliphatic carboxylic acids is 1. The van der Waals surface area contributed by atoms with Gasteiger partial charge in [0.25, 0.3) is 0 Å². The summed E-state index contributed by atoms with van der Waals surface area (Å²) in [5.41, 5.74) is 8.92. The number of nitrogens with zero attached hydrogens (tertiary/aromatic N) is 2. The van der Waals surface area contributed by atoms with Crippen molar-refractivity contribution in [3.8, 4) is 0 Å². The molecule has 3 aliphatic carbocycles. The minimum absolute atomic E-state index is 0. The molecule has 0 aromatic rings. The maximum atomic E-state index is 12.4. The number of likely N-dealkylation sites (tertiary alicyclic amines) is 2. The van der Waals surface area contributed by atoms with Gasteiger partial charge in [-0.3, -0.25) is 57.7 Å². The van der Waals surface area contributed by atoms with Gasteiger partial charge in [-0.25, -0.2) is 4.79 Å². The molecule has 378 valence electrons. The predicted octanol–water partition coefficient (Wildman–Crippen LogP) is 2.22. The number of nitrogens with one attached hydrogen (secondary N) is 2. The molecule has 67 heavy (non-hydrogen) atoms. The minimum atomic E-state index is -0.965. The van der Waals surface area contributed by atoms with E-state index in [-0.39, 0.29) is 83.9 Å². The highest BCUT2D eigenvalue weighted by atomic mass is 35.5. The number of amides is 6. The van der Waals surface area contributed by atoms with E-state index >= 15 is 0 Å². The Hall–Kier alpha value is -4.32. The third kappa shape index (κ3) is 18.3. The number of ether oxygens (including phenoxy) is 3. The molecule has 4 saturated heterocycles. The molecule has 7 fully saturated rings. The number of thioether (sulfide) groups is 2. The van der Waals surface area contributed by atoms with Crippen LogP contribution in [0.3, 0.4) is 0 Å². The van der Waals surface area contributed by atoms with E-state index in [2.05, 4.69) is 20.1 Å². The molecule has 7 N–H and O–H groups in total. The van der Waals surface area contributed by atoms with Gasteiger partial charge in [-0.15, -0.1) is 35.9 Å². The number of carboxylic acid groups (broad SMARTS) is 1. The first-order valence-electron chi connectivity index (χ1n) is 22.3. The number of rotatable bonds is 11. The number of carbonyl (C=O) groups is 11. The second-order valence-electron chi connectivity index (χ2n) is 18.0. The molecule has 24 heteroatoms. The monoisotopic (exact) mass is 1010 g/mol. The Morgan fingerprint density at radius 3 is 1.54 bits per heavy atom. The number of carboxylic acids is 1. The predicted molar refractivity (Wildman–Crippen MR) is 247 cm³/mol. The third-order valence-electron chi connectivity index (χ3n) is 11.7. The van der Waals surface area contributed by atoms with Gasteiger partial charge in [0.1, 0.15) is 5.60 Å². The quantitative estimate of drug-likeness (QED) is 0.0857. The Balaban J connectivity index is 0.000000300. The topological polar surface area (TPSA) is 318 Å². The molecule has 7 aliphatic rings. The summed E-state index contributed by atoms with van der Waals surface area (Å²) in [7, 11) is 0. The van der Waals surface area contributed by atoms with Crippen molar-refractivity contribution < 1.29 is 72.1 Å². The van der Waals surface area contributed by atoms with Crippen LogP contribution in [0.2, 0.25) is 0 Å². The number of esters is 4. The van der Waals surface area contributed by atoms with Crippen LogP contribution in [0.15, 0.2) is 0 Å². The number of hydrogen-bond acceptors (Lipinski definition) is 18. The van der Waals surface area contributed by atoms with Crippen molar-refractivity contribution in [1.29, 1.82) is 0 Å². The van der Waals surface area contributed by atoms with Gasteiger partial charge >= 0.3 is 35.9 Å². The molecule has 0 atom stereocenters. The summed E-state index contributed by atoms with van der Waals surface area (Å²) in [6, 6.07) is 0. The zero-order chi connectivity index (χ0) is 49.1. The van der Waals surface area contributed by atoms with Crippen molar-refractivity contribution in [2.45, 2.75) is 123 Å². The molecule has 6 amide bonds. The third-order valence-corrected chi connectivity index (χ3v) is 13.5. The van der Waals surface area contributed by atoms with Gasteiger partial charge in [-0.05, 0) is 59.3 Å². The van der Waals surface area contributed by atoms with Crippen LogP contribution in [-0.2, 0) is 62.2 Å². The van der Waals surface area contributed by atoms with Crippen LogP contribution in [0.25, 0.3) is 0 Å². The summed E-state index contributed by atoms with van der Waals surface area (Å²) < 4.78 is 13.6. The maximum absolute atomic E-state index is 12.4. The van der Waals surface area contributed by atoms with Crippen LogP contribution in [0.4, 0.5) is 4.79 Å². The molecule has 0 radical (unpaired) electrons. The standard InChI is InChI=1S/C14H20N2O5S.C10H16N2O2.C8H10O3.C7H16N2O2.C4H4O3S.ClH/c17-10(8-22-9-12(19)20)15-5-6-16-11(18)7-14(13(16)21)3-1-2-4-14;11-5-6-12-8(13)7-10(9(12)14)3-1-2-4-10;9-6-5-8(7(10)11-6)3-1-2-4-8;1-7(2,3)11-6(10)9-5-4-8;5-3-1-8-2-4(6)7-3;/h1-9H2,(H,15,17)(H,19,20);1-7,11H2;1-5H2;4-5,8H2,1-3H3,(H,9,10);1-2H2;1H. The van der Waals surface area contributed by atoms with E-state index in [0.717, 1.165) is 88.8 Å². The van der Waals surface area contributed by atoms with Gasteiger partial charge in [-0.1, -0.05) is 38.5 Å².